The minimum absolute atomic E-state index is 0.174. The third kappa shape index (κ3) is 3.40. The molecule has 7 nitrogen and oxygen atoms in total. The third-order valence-corrected chi connectivity index (χ3v) is 4.09. The maximum absolute atomic E-state index is 12.6. The number of hydrogen-bond acceptors (Lipinski definition) is 4. The van der Waals surface area contributed by atoms with E-state index < -0.39 is 0 Å². The summed E-state index contributed by atoms with van der Waals surface area (Å²) in [5.74, 6) is 0.165. The number of methoxy groups -OCH3 is 1. The number of aromatic amines is 1. The van der Waals surface area contributed by atoms with Crippen LogP contribution in [0.4, 0.5) is 5.69 Å². The summed E-state index contributed by atoms with van der Waals surface area (Å²) in [7, 11) is 1.58. The van der Waals surface area contributed by atoms with E-state index in [9.17, 15) is 9.59 Å². The molecule has 1 saturated heterocycles. The van der Waals surface area contributed by atoms with E-state index in [2.05, 4.69) is 15.5 Å². The summed E-state index contributed by atoms with van der Waals surface area (Å²) in [6.07, 6.45) is 4.51. The van der Waals surface area contributed by atoms with E-state index >= 15 is 0 Å². The summed E-state index contributed by atoms with van der Waals surface area (Å²) in [6.45, 7) is 1.44. The van der Waals surface area contributed by atoms with Gasteiger partial charge in [0.2, 0.25) is 0 Å². The lowest BCUT2D eigenvalue weighted by Gasteiger charge is -2.26. The molecule has 0 saturated carbocycles. The minimum atomic E-state index is -0.366. The number of nitrogens with zero attached hydrogens (tertiary/aromatic N) is 2. The molecular weight excluding hydrogens is 308 g/mol. The van der Waals surface area contributed by atoms with Crippen LogP contribution in [-0.2, 0) is 0 Å². The molecule has 1 aromatic heterocycles. The van der Waals surface area contributed by atoms with Gasteiger partial charge in [0.25, 0.3) is 11.8 Å². The van der Waals surface area contributed by atoms with Crippen molar-refractivity contribution in [3.05, 3.63) is 41.7 Å². The van der Waals surface area contributed by atoms with E-state index in [1.165, 1.54) is 6.20 Å². The molecule has 2 N–H and O–H groups in total. The van der Waals surface area contributed by atoms with Gasteiger partial charge in [-0.15, -0.1) is 0 Å². The van der Waals surface area contributed by atoms with E-state index in [-0.39, 0.29) is 23.1 Å². The number of ether oxygens (including phenoxy) is 1. The zero-order valence-electron chi connectivity index (χ0n) is 13.5. The molecule has 0 unspecified atom stereocenters. The summed E-state index contributed by atoms with van der Waals surface area (Å²) in [6, 6.07) is 6.99. The molecule has 0 bridgehead atoms. The number of likely N-dealkylation sites (tertiary alicyclic amines) is 1. The molecule has 2 aromatic rings. The topological polar surface area (TPSA) is 87.3 Å². The normalized spacial score (nSPS) is 14.3. The highest BCUT2D eigenvalue weighted by molar-refractivity contribution is 6.11. The number of carbonyl (C=O) groups is 2. The van der Waals surface area contributed by atoms with Gasteiger partial charge in [-0.05, 0) is 43.5 Å². The first kappa shape index (κ1) is 16.0. The Balaban J connectivity index is 1.73. The van der Waals surface area contributed by atoms with Crippen LogP contribution in [0.5, 0.6) is 5.75 Å². The van der Waals surface area contributed by atoms with E-state index in [0.29, 0.717) is 11.4 Å². The molecule has 2 heterocycles. The van der Waals surface area contributed by atoms with Crippen molar-refractivity contribution in [2.24, 2.45) is 0 Å². The van der Waals surface area contributed by atoms with Crippen LogP contribution >= 0.6 is 0 Å². The molecule has 3 rings (SSSR count). The number of H-pyrrole nitrogens is 1. The summed E-state index contributed by atoms with van der Waals surface area (Å²) >= 11 is 0. The molecule has 1 aliphatic rings. The van der Waals surface area contributed by atoms with Crippen molar-refractivity contribution in [1.29, 1.82) is 0 Å². The van der Waals surface area contributed by atoms with Gasteiger partial charge in [-0.25, -0.2) is 0 Å². The van der Waals surface area contributed by atoms with Crippen molar-refractivity contribution in [2.45, 2.75) is 19.3 Å². The Bertz CT molecular complexity index is 718. The molecule has 1 aromatic carbocycles. The average Bonchev–Trinajstić information content (AvgIpc) is 3.12. The van der Waals surface area contributed by atoms with Crippen molar-refractivity contribution < 1.29 is 14.3 Å². The Labute approximate surface area is 140 Å². The van der Waals surface area contributed by atoms with Crippen LogP contribution < -0.4 is 10.1 Å². The molecule has 0 aliphatic carbocycles. The second-order valence-electron chi connectivity index (χ2n) is 5.69. The monoisotopic (exact) mass is 328 g/mol. The first-order valence-electron chi connectivity index (χ1n) is 7.97. The molecule has 1 aliphatic heterocycles. The van der Waals surface area contributed by atoms with E-state index in [0.717, 1.165) is 32.4 Å². The predicted octanol–water partition coefficient (Wildman–Crippen LogP) is 2.30. The fourth-order valence-corrected chi connectivity index (χ4v) is 2.75. The lowest BCUT2D eigenvalue weighted by atomic mass is 10.1. The predicted molar refractivity (Wildman–Crippen MR) is 89.3 cm³/mol. The molecule has 0 radical (unpaired) electrons. The second-order valence-corrected chi connectivity index (χ2v) is 5.69. The lowest BCUT2D eigenvalue weighted by Crippen LogP contribution is -2.36. The Kier molecular flexibility index (Phi) is 4.79. The van der Waals surface area contributed by atoms with Gasteiger partial charge in [-0.2, -0.15) is 5.10 Å². The van der Waals surface area contributed by atoms with Crippen molar-refractivity contribution in [3.8, 4) is 5.75 Å². The molecule has 0 spiro atoms. The minimum Gasteiger partial charge on any atom is -0.497 e. The Morgan fingerprint density at radius 3 is 2.54 bits per heavy atom. The van der Waals surface area contributed by atoms with Crippen LogP contribution in [-0.4, -0.2) is 47.1 Å². The maximum atomic E-state index is 12.6. The third-order valence-electron chi connectivity index (χ3n) is 4.09. The van der Waals surface area contributed by atoms with Gasteiger partial charge in [0.05, 0.1) is 18.9 Å². The number of benzene rings is 1. The molecule has 7 heteroatoms. The number of anilines is 1. The van der Waals surface area contributed by atoms with Gasteiger partial charge >= 0.3 is 0 Å². The summed E-state index contributed by atoms with van der Waals surface area (Å²) in [5, 5.41) is 9.31. The molecular formula is C17H20N4O3. The van der Waals surface area contributed by atoms with Gasteiger partial charge in [0.1, 0.15) is 11.4 Å². The lowest BCUT2D eigenvalue weighted by molar-refractivity contribution is 0.0714. The molecule has 1 fully saturated rings. The average molecular weight is 328 g/mol. The van der Waals surface area contributed by atoms with Crippen LogP contribution in [0.25, 0.3) is 0 Å². The van der Waals surface area contributed by atoms with Crippen LogP contribution in [0.15, 0.2) is 30.5 Å². The highest BCUT2D eigenvalue weighted by atomic mass is 16.5. The first-order chi connectivity index (χ1) is 11.7. The highest BCUT2D eigenvalue weighted by Gasteiger charge is 2.25. The van der Waals surface area contributed by atoms with Gasteiger partial charge in [0, 0.05) is 18.8 Å². The Hall–Kier alpha value is -2.83. The largest absolute Gasteiger partial charge is 0.497 e. The van der Waals surface area contributed by atoms with Crippen LogP contribution in [0.3, 0.4) is 0 Å². The zero-order valence-corrected chi connectivity index (χ0v) is 13.5. The number of aromatic nitrogens is 2. The van der Waals surface area contributed by atoms with Crippen LogP contribution in [0.2, 0.25) is 0 Å². The van der Waals surface area contributed by atoms with Gasteiger partial charge in [0.15, 0.2) is 0 Å². The van der Waals surface area contributed by atoms with E-state index in [1.54, 1.807) is 36.3 Å². The van der Waals surface area contributed by atoms with Crippen molar-refractivity contribution in [1.82, 2.24) is 15.1 Å². The van der Waals surface area contributed by atoms with Gasteiger partial charge < -0.3 is 15.0 Å². The van der Waals surface area contributed by atoms with Gasteiger partial charge in [-0.3, -0.25) is 14.7 Å². The maximum Gasteiger partial charge on any atom is 0.272 e. The number of amides is 2. The summed E-state index contributed by atoms with van der Waals surface area (Å²) < 4.78 is 5.09. The highest BCUT2D eigenvalue weighted by Crippen LogP contribution is 2.18. The first-order valence-corrected chi connectivity index (χ1v) is 7.97. The quantitative estimate of drug-likeness (QED) is 0.901. The Morgan fingerprint density at radius 1 is 1.17 bits per heavy atom. The smallest absolute Gasteiger partial charge is 0.272 e. The Morgan fingerprint density at radius 2 is 1.88 bits per heavy atom. The zero-order chi connectivity index (χ0) is 16.9. The van der Waals surface area contributed by atoms with Crippen molar-refractivity contribution in [2.75, 3.05) is 25.5 Å². The SMILES string of the molecule is COc1ccc(NC(=O)c2cn[nH]c2C(=O)N2CCCCC2)cc1. The number of carbonyl (C=O) groups excluding carboxylic acids is 2. The van der Waals surface area contributed by atoms with E-state index in [1.807, 2.05) is 0 Å². The number of piperidine rings is 1. The van der Waals surface area contributed by atoms with Crippen molar-refractivity contribution >= 4 is 17.5 Å². The van der Waals surface area contributed by atoms with E-state index in [4.69, 9.17) is 4.74 Å². The molecule has 24 heavy (non-hydrogen) atoms. The standard InChI is InChI=1S/C17H20N4O3/c1-24-13-7-5-12(6-8-13)19-16(22)14-11-18-20-15(14)17(23)21-9-3-2-4-10-21/h5-8,11H,2-4,9-10H2,1H3,(H,18,20)(H,19,22). The summed E-state index contributed by atoms with van der Waals surface area (Å²) in [4.78, 5) is 26.8. The molecule has 126 valence electrons. The second kappa shape index (κ2) is 7.16. The number of nitrogens with one attached hydrogen (secondary N) is 2. The van der Waals surface area contributed by atoms with Gasteiger partial charge in [-0.1, -0.05) is 0 Å². The van der Waals surface area contributed by atoms with Crippen LogP contribution in [0, 0.1) is 0 Å². The van der Waals surface area contributed by atoms with Crippen LogP contribution in [0.1, 0.15) is 40.1 Å². The molecule has 2 amide bonds. The van der Waals surface area contributed by atoms with Crippen molar-refractivity contribution in [3.63, 3.8) is 0 Å². The number of rotatable bonds is 4. The molecule has 0 atom stereocenters. The number of hydrogen-bond donors (Lipinski definition) is 2. The summed E-state index contributed by atoms with van der Waals surface area (Å²) in [5.41, 5.74) is 1.11. The fourth-order valence-electron chi connectivity index (χ4n) is 2.75. The fraction of sp³-hybridized carbons (Fsp3) is 0.353.